The molecule has 2 amide bonds. The number of anilines is 1. The van der Waals surface area contributed by atoms with E-state index in [1.807, 2.05) is 51.4 Å². The van der Waals surface area contributed by atoms with Crippen molar-refractivity contribution in [1.29, 1.82) is 0 Å². The molecular weight excluding hydrogens is 1450 g/mol. The average molecular weight is 1530 g/mol. The minimum Gasteiger partial charge on any atom is -0.390 e. The molecule has 3 fully saturated rings. The summed E-state index contributed by atoms with van der Waals surface area (Å²) in [7, 11) is 0. The molecule has 12 heterocycles. The predicted molar refractivity (Wildman–Crippen MR) is 414 cm³/mol. The van der Waals surface area contributed by atoms with Crippen LogP contribution in [0, 0.1) is 42.7 Å². The third-order valence-corrected chi connectivity index (χ3v) is 19.9. The highest BCUT2D eigenvalue weighted by Gasteiger charge is 2.36. The van der Waals surface area contributed by atoms with Crippen LogP contribution in [0.5, 0.6) is 0 Å². The van der Waals surface area contributed by atoms with Gasteiger partial charge in [0.25, 0.3) is 23.7 Å². The Bertz CT molecular complexity index is 5530. The molecule has 15 rings (SSSR count). The highest BCUT2D eigenvalue weighted by molar-refractivity contribution is 6.04. The summed E-state index contributed by atoms with van der Waals surface area (Å²) < 4.78 is 74.4. The van der Waals surface area contributed by atoms with Crippen molar-refractivity contribution < 1.29 is 51.3 Å². The van der Waals surface area contributed by atoms with Gasteiger partial charge in [-0.05, 0) is 126 Å². The molecule has 113 heavy (non-hydrogen) atoms. The molecule has 3 aromatic carbocycles. The lowest BCUT2D eigenvalue weighted by atomic mass is 10.0. The smallest absolute Gasteiger partial charge is 0.299 e. The van der Waals surface area contributed by atoms with Gasteiger partial charge in [0.1, 0.15) is 30.0 Å². The molecule has 22 nitrogen and oxygen atoms in total. The van der Waals surface area contributed by atoms with Crippen LogP contribution < -0.4 is 5.32 Å². The van der Waals surface area contributed by atoms with Crippen LogP contribution in [0.4, 0.5) is 27.8 Å². The van der Waals surface area contributed by atoms with E-state index >= 15 is 0 Å². The lowest BCUT2D eigenvalue weighted by Crippen LogP contribution is -2.30. The topological polar surface area (TPSA) is 260 Å². The van der Waals surface area contributed by atoms with Crippen LogP contribution in [0.3, 0.4) is 0 Å². The third kappa shape index (κ3) is 17.0. The first-order chi connectivity index (χ1) is 54.6. The van der Waals surface area contributed by atoms with Gasteiger partial charge < -0.3 is 30.2 Å². The maximum Gasteiger partial charge on any atom is 0.299 e. The number of nitrogens with zero attached hydrogens (tertiary/aromatic N) is 15. The van der Waals surface area contributed by atoms with Crippen LogP contribution in [-0.2, 0) is 49.4 Å². The van der Waals surface area contributed by atoms with E-state index in [1.165, 1.54) is 36.7 Å². The number of benzene rings is 3. The second kappa shape index (κ2) is 34.2. The Morgan fingerprint density at radius 3 is 1.32 bits per heavy atom. The first kappa shape index (κ1) is 78.2. The number of fused-ring (bicyclic) bond motifs is 3. The first-order valence-electron chi connectivity index (χ1n) is 36.8. The molecular formula is C86H79F5N16O6. The number of aromatic nitrogens is 12. The van der Waals surface area contributed by atoms with Crippen molar-refractivity contribution in [1.82, 2.24) is 72.8 Å². The van der Waals surface area contributed by atoms with E-state index in [4.69, 9.17) is 15.0 Å². The third-order valence-electron chi connectivity index (χ3n) is 19.9. The van der Waals surface area contributed by atoms with Crippen molar-refractivity contribution in [3.63, 3.8) is 0 Å². The van der Waals surface area contributed by atoms with Crippen molar-refractivity contribution in [3.05, 3.63) is 244 Å². The molecule has 0 bridgehead atoms. The van der Waals surface area contributed by atoms with Crippen LogP contribution in [0.15, 0.2) is 165 Å². The second-order valence-electron chi connectivity index (χ2n) is 27.6. The standard InChI is InChI=1S/C29H26F3N5O.C29H27F2N5O2.C28H26N6O3/c1-3-13-36-14-4-5-24(36)28-35-26(27-23(18-30)34-12-15-37(27)28)20-8-6-19(7-9-20)25(38)17-22-16-21(10-11-33-22)29(2,31)32;1-3-13-35-14-4-5-24(35)28-34-26(27-23(18-37)33-12-15-36(27)28)20-8-6-19(7-9-20)25(38)17-22-16-21(10-11-32-22)29(2,30)31;1-3-5-24(36)33-14-4-6-22(33)27-32-25(26-21(17-35)29-13-15-34(26)27)19-7-9-20(10-8-19)28(37)31-23-16-18(2)11-12-30-23/h6-12,15-16,24H,4-5,14,17-18H2,1-2H3;6-12,15-16,24,37H,4-5,14,17-18H2,1-2H3;7-13,15-16,22,35H,4,6,14,17H2,1-2H3,(H,30,31,37)/t2*24-;22-/m000/s1. The SMILES string of the molecule is CC#CC(=O)N1CCC[C@H]1c1nc(-c2ccc(C(=O)Nc3cc(C)ccn3)cc2)c2c(CO)nccn12.CC#CN1CCC[C@H]1c1nc(-c2ccc(C(=O)Cc3cc(C(C)(F)F)ccn3)cc2)c2c(CF)nccn12.CC#CN1CCC[C@H]1c1nc(-c2ccc(C(=O)Cc3cc(C(C)(F)F)ccn3)cc2)c2c(CO)nccn12. The van der Waals surface area contributed by atoms with Gasteiger partial charge in [0, 0.05) is 157 Å². The lowest BCUT2D eigenvalue weighted by molar-refractivity contribution is -0.126. The fourth-order valence-electron chi connectivity index (χ4n) is 14.5. The van der Waals surface area contributed by atoms with Gasteiger partial charge in [-0.3, -0.25) is 57.3 Å². The summed E-state index contributed by atoms with van der Waals surface area (Å²) in [4.78, 5) is 97.3. The number of imidazole rings is 3. The number of amides is 2. The summed E-state index contributed by atoms with van der Waals surface area (Å²) in [5.74, 6) is 7.05. The molecule has 0 spiro atoms. The summed E-state index contributed by atoms with van der Waals surface area (Å²) in [5, 5.41) is 22.8. The van der Waals surface area contributed by atoms with Gasteiger partial charge in [-0.15, -0.1) is 0 Å². The molecule has 3 aliphatic rings. The zero-order valence-electron chi connectivity index (χ0n) is 62.8. The first-order valence-corrected chi connectivity index (χ1v) is 36.8. The fraction of sp³-hybridized carbons (Fsp3) is 0.291. The van der Waals surface area contributed by atoms with Gasteiger partial charge in [0.15, 0.2) is 11.6 Å². The molecule has 3 aliphatic heterocycles. The number of rotatable bonds is 19. The summed E-state index contributed by atoms with van der Waals surface area (Å²) in [6.45, 7) is 9.86. The number of carbonyl (C=O) groups excluding carboxylic acids is 4. The molecule has 0 saturated carbocycles. The number of aryl methyl sites for hydroxylation is 1. The average Bonchev–Trinajstić information content (AvgIpc) is 1.63. The number of carbonyl (C=O) groups is 4. The monoisotopic (exact) mass is 1530 g/mol. The minimum absolute atomic E-state index is 0.0113. The summed E-state index contributed by atoms with van der Waals surface area (Å²) in [5.41, 5.74) is 9.88. The number of likely N-dealkylation sites (tertiary alicyclic amines) is 3. The molecule has 0 unspecified atom stereocenters. The number of halogens is 5. The predicted octanol–water partition coefficient (Wildman–Crippen LogP) is 14.4. The number of ketones is 2. The lowest BCUT2D eigenvalue weighted by Gasteiger charge is -2.21. The van der Waals surface area contributed by atoms with E-state index in [1.54, 1.807) is 123 Å². The summed E-state index contributed by atoms with van der Waals surface area (Å²) in [6.07, 6.45) is 19.7. The quantitative estimate of drug-likeness (QED) is 0.0386. The van der Waals surface area contributed by atoms with Crippen molar-refractivity contribution in [2.24, 2.45) is 0 Å². The highest BCUT2D eigenvalue weighted by Crippen LogP contribution is 2.40. The molecule has 574 valence electrons. The maximum atomic E-state index is 14.0. The second-order valence-corrected chi connectivity index (χ2v) is 27.6. The maximum absolute atomic E-state index is 14.0. The summed E-state index contributed by atoms with van der Waals surface area (Å²) in [6, 6.07) is 35.7. The largest absolute Gasteiger partial charge is 0.390 e. The number of nitrogens with one attached hydrogen (secondary N) is 1. The number of aliphatic hydroxyl groups is 2. The molecule has 3 atom stereocenters. The Kier molecular flexibility index (Phi) is 23.6. The normalized spacial score (nSPS) is 15.3. The van der Waals surface area contributed by atoms with Gasteiger partial charge >= 0.3 is 0 Å². The number of pyridine rings is 3. The van der Waals surface area contributed by atoms with Gasteiger partial charge in [-0.2, -0.15) is 0 Å². The molecule has 27 heteroatoms. The van der Waals surface area contributed by atoms with Gasteiger partial charge in [0.2, 0.25) is 0 Å². The van der Waals surface area contributed by atoms with Gasteiger partial charge in [-0.1, -0.05) is 78.4 Å². The molecule has 0 radical (unpaired) electrons. The molecule has 3 N–H and O–H groups in total. The Hall–Kier alpha value is -12.9. The zero-order valence-corrected chi connectivity index (χ0v) is 62.8. The Labute approximate surface area is 648 Å². The minimum atomic E-state index is -3.01. The van der Waals surface area contributed by atoms with Crippen LogP contribution in [-0.4, -0.2) is 126 Å². The van der Waals surface area contributed by atoms with E-state index < -0.39 is 18.5 Å². The Morgan fingerprint density at radius 1 is 0.496 bits per heavy atom. The molecule has 0 aliphatic carbocycles. The fourth-order valence-corrected chi connectivity index (χ4v) is 14.5. The van der Waals surface area contributed by atoms with Crippen molar-refractivity contribution in [2.75, 3.05) is 25.0 Å². The molecule has 12 aromatic rings. The van der Waals surface area contributed by atoms with Gasteiger partial charge in [-0.25, -0.2) is 41.9 Å². The number of hydrogen-bond acceptors (Lipinski definition) is 17. The van der Waals surface area contributed by atoms with Gasteiger partial charge in [0.05, 0.1) is 94.9 Å². The molecule has 9 aromatic heterocycles. The Morgan fingerprint density at radius 2 is 0.903 bits per heavy atom. The van der Waals surface area contributed by atoms with Crippen LogP contribution in [0.2, 0.25) is 0 Å². The van der Waals surface area contributed by atoms with E-state index in [9.17, 15) is 51.3 Å². The van der Waals surface area contributed by atoms with E-state index in [0.29, 0.717) is 85.5 Å². The highest BCUT2D eigenvalue weighted by atomic mass is 19.3. The van der Waals surface area contributed by atoms with Crippen LogP contribution in [0.25, 0.3) is 50.3 Å². The summed E-state index contributed by atoms with van der Waals surface area (Å²) >= 11 is 0. The molecule has 3 saturated heterocycles. The van der Waals surface area contributed by atoms with Crippen LogP contribution >= 0.6 is 0 Å². The zero-order chi connectivity index (χ0) is 79.7. The van der Waals surface area contributed by atoms with Crippen LogP contribution in [0.1, 0.15) is 185 Å². The number of Topliss-reactive ketones (excluding diaryl/α,β-unsaturated/α-hetero) is 2. The number of alkyl halides is 5. The number of hydrogen-bond donors (Lipinski definition) is 3. The van der Waals surface area contributed by atoms with E-state index in [-0.39, 0.29) is 95.8 Å². The van der Waals surface area contributed by atoms with Crippen molar-refractivity contribution >= 4 is 45.7 Å². The van der Waals surface area contributed by atoms with Crippen molar-refractivity contribution in [3.8, 4) is 69.5 Å². The van der Waals surface area contributed by atoms with E-state index in [2.05, 4.69) is 80.8 Å². The number of aliphatic hydroxyl groups excluding tert-OH is 2. The van der Waals surface area contributed by atoms with E-state index in [0.717, 1.165) is 93.8 Å². The Balaban J connectivity index is 0.000000148. The van der Waals surface area contributed by atoms with Crippen molar-refractivity contribution in [2.45, 2.75) is 143 Å².